The van der Waals surface area contributed by atoms with Crippen molar-refractivity contribution in [2.24, 2.45) is 0 Å². The molecule has 0 fully saturated rings. The highest BCUT2D eigenvalue weighted by molar-refractivity contribution is 6.57. The Hall–Kier alpha value is 0.387. The van der Waals surface area contributed by atoms with E-state index in [1.165, 1.54) is 7.11 Å². The molecule has 62 valence electrons. The molecular formula is C5H13ClO3Si. The molecule has 0 bridgehead atoms. The molecule has 5 heteroatoms. The van der Waals surface area contributed by atoms with Crippen molar-refractivity contribution in [3.05, 3.63) is 0 Å². The summed E-state index contributed by atoms with van der Waals surface area (Å²) in [7, 11) is -1.96. The molecule has 0 radical (unpaired) electrons. The van der Waals surface area contributed by atoms with E-state index in [4.69, 9.17) is 21.2 Å². The minimum Gasteiger partial charge on any atom is -0.390 e. The molecule has 3 nitrogen and oxygen atoms in total. The average Bonchev–Trinajstić information content (AvgIpc) is 1.89. The standard InChI is InChI=1S/C5H13ClO3Si/c1-9-10(7,8)5-3-2-4-6/h7-8H,2-5H2,1H3. The van der Waals surface area contributed by atoms with E-state index >= 15 is 0 Å². The van der Waals surface area contributed by atoms with Gasteiger partial charge in [0.25, 0.3) is 0 Å². The fraction of sp³-hybridized carbons (Fsp3) is 1.00. The smallest absolute Gasteiger partial charge is 0.390 e. The molecule has 0 aliphatic carbocycles. The summed E-state index contributed by atoms with van der Waals surface area (Å²) >= 11 is 5.38. The summed E-state index contributed by atoms with van der Waals surface area (Å²) in [6.07, 6.45) is 1.53. The molecule has 0 atom stereocenters. The van der Waals surface area contributed by atoms with Crippen LogP contribution in [-0.2, 0) is 4.43 Å². The molecule has 2 N–H and O–H groups in total. The predicted molar refractivity (Wildman–Crippen MR) is 42.0 cm³/mol. The molecule has 0 aromatic rings. The third-order valence-corrected chi connectivity index (χ3v) is 3.14. The molecule has 0 aliphatic rings. The summed E-state index contributed by atoms with van der Waals surface area (Å²) in [4.78, 5) is 18.0. The lowest BCUT2D eigenvalue weighted by atomic mass is 10.4. The zero-order chi connectivity index (χ0) is 8.04. The number of hydrogen-bond donors (Lipinski definition) is 2. The molecule has 0 spiro atoms. The normalized spacial score (nSPS) is 12.0. The number of unbranched alkanes of at least 4 members (excludes halogenated alkanes) is 1. The van der Waals surface area contributed by atoms with Crippen LogP contribution < -0.4 is 0 Å². The van der Waals surface area contributed by atoms with Crippen LogP contribution in [0.15, 0.2) is 0 Å². The summed E-state index contributed by atoms with van der Waals surface area (Å²) < 4.78 is 4.49. The molecule has 0 rings (SSSR count). The van der Waals surface area contributed by atoms with Crippen LogP contribution in [0.2, 0.25) is 6.04 Å². The average molecular weight is 185 g/mol. The molecular weight excluding hydrogens is 172 g/mol. The van der Waals surface area contributed by atoms with Gasteiger partial charge in [0, 0.05) is 19.0 Å². The fourth-order valence-electron chi connectivity index (χ4n) is 0.552. The van der Waals surface area contributed by atoms with Gasteiger partial charge in [-0.3, -0.25) is 0 Å². The lowest BCUT2D eigenvalue weighted by Crippen LogP contribution is -2.37. The van der Waals surface area contributed by atoms with Crippen molar-refractivity contribution in [2.75, 3.05) is 13.0 Å². The Morgan fingerprint density at radius 1 is 1.40 bits per heavy atom. The van der Waals surface area contributed by atoms with Gasteiger partial charge in [0.2, 0.25) is 0 Å². The zero-order valence-electron chi connectivity index (χ0n) is 6.01. The minimum absolute atomic E-state index is 0.343. The largest absolute Gasteiger partial charge is 0.495 e. The fourth-order valence-corrected chi connectivity index (χ4v) is 1.66. The zero-order valence-corrected chi connectivity index (χ0v) is 7.76. The van der Waals surface area contributed by atoms with Crippen LogP contribution in [0.5, 0.6) is 0 Å². The highest BCUT2D eigenvalue weighted by Gasteiger charge is 2.29. The maximum Gasteiger partial charge on any atom is 0.495 e. The van der Waals surface area contributed by atoms with E-state index in [9.17, 15) is 0 Å². The van der Waals surface area contributed by atoms with Gasteiger partial charge >= 0.3 is 8.80 Å². The first-order valence-electron chi connectivity index (χ1n) is 3.18. The van der Waals surface area contributed by atoms with Gasteiger partial charge in [0.05, 0.1) is 0 Å². The van der Waals surface area contributed by atoms with Crippen molar-refractivity contribution >= 4 is 20.4 Å². The van der Waals surface area contributed by atoms with Crippen LogP contribution in [0.1, 0.15) is 12.8 Å². The van der Waals surface area contributed by atoms with Crippen LogP contribution in [0.25, 0.3) is 0 Å². The van der Waals surface area contributed by atoms with E-state index < -0.39 is 8.80 Å². The van der Waals surface area contributed by atoms with Crippen molar-refractivity contribution in [3.8, 4) is 0 Å². The van der Waals surface area contributed by atoms with E-state index in [0.717, 1.165) is 12.8 Å². The van der Waals surface area contributed by atoms with E-state index in [1.54, 1.807) is 0 Å². The first kappa shape index (κ1) is 10.4. The van der Waals surface area contributed by atoms with E-state index in [0.29, 0.717) is 11.9 Å². The molecule has 0 aliphatic heterocycles. The van der Waals surface area contributed by atoms with E-state index in [1.807, 2.05) is 0 Å². The van der Waals surface area contributed by atoms with Gasteiger partial charge in [-0.15, -0.1) is 11.6 Å². The molecule has 10 heavy (non-hydrogen) atoms. The van der Waals surface area contributed by atoms with Crippen LogP contribution in [0.4, 0.5) is 0 Å². The molecule has 0 saturated heterocycles. The SMILES string of the molecule is CO[Si](O)(O)CCCCCl. The third-order valence-electron chi connectivity index (χ3n) is 1.21. The Bertz CT molecular complexity index is 89.0. The maximum absolute atomic E-state index is 8.98. The Labute approximate surface area is 67.0 Å². The maximum atomic E-state index is 8.98. The van der Waals surface area contributed by atoms with Crippen molar-refractivity contribution in [1.82, 2.24) is 0 Å². The van der Waals surface area contributed by atoms with Crippen LogP contribution in [0, 0.1) is 0 Å². The van der Waals surface area contributed by atoms with Crippen LogP contribution in [-0.4, -0.2) is 31.4 Å². The molecule has 0 aromatic carbocycles. The first-order chi connectivity index (χ1) is 4.62. The second-order valence-electron chi connectivity index (χ2n) is 2.09. The van der Waals surface area contributed by atoms with Gasteiger partial charge in [-0.05, 0) is 12.8 Å². The summed E-state index contributed by atoms with van der Waals surface area (Å²) in [5.41, 5.74) is 0. The number of halogens is 1. The Morgan fingerprint density at radius 2 is 2.00 bits per heavy atom. The predicted octanol–water partition coefficient (Wildman–Crippen LogP) is 0.575. The molecule has 0 aromatic heterocycles. The monoisotopic (exact) mass is 184 g/mol. The van der Waals surface area contributed by atoms with Gasteiger partial charge in [-0.1, -0.05) is 0 Å². The second-order valence-corrected chi connectivity index (χ2v) is 4.87. The van der Waals surface area contributed by atoms with E-state index in [-0.39, 0.29) is 0 Å². The van der Waals surface area contributed by atoms with Gasteiger partial charge in [0.1, 0.15) is 0 Å². The molecule has 0 amide bonds. The Kier molecular flexibility index (Phi) is 5.29. The highest BCUT2D eigenvalue weighted by Crippen LogP contribution is 2.08. The van der Waals surface area contributed by atoms with Gasteiger partial charge in [-0.2, -0.15) is 0 Å². The third kappa shape index (κ3) is 5.19. The van der Waals surface area contributed by atoms with Crippen molar-refractivity contribution in [2.45, 2.75) is 18.9 Å². The Morgan fingerprint density at radius 3 is 2.40 bits per heavy atom. The molecule has 0 unspecified atom stereocenters. The minimum atomic E-state index is -3.27. The van der Waals surface area contributed by atoms with E-state index in [2.05, 4.69) is 4.43 Å². The van der Waals surface area contributed by atoms with Crippen molar-refractivity contribution in [3.63, 3.8) is 0 Å². The summed E-state index contributed by atoms with van der Waals surface area (Å²) in [5, 5.41) is 0. The highest BCUT2D eigenvalue weighted by atomic mass is 35.5. The number of rotatable bonds is 5. The summed E-state index contributed by atoms with van der Waals surface area (Å²) in [6.45, 7) is 0. The van der Waals surface area contributed by atoms with Crippen LogP contribution >= 0.6 is 11.6 Å². The molecule has 0 heterocycles. The summed E-state index contributed by atoms with van der Waals surface area (Å²) in [6, 6.07) is 0.343. The summed E-state index contributed by atoms with van der Waals surface area (Å²) in [5.74, 6) is 0.564. The number of alkyl halides is 1. The van der Waals surface area contributed by atoms with Gasteiger partial charge < -0.3 is 14.0 Å². The quantitative estimate of drug-likeness (QED) is 0.373. The lowest BCUT2D eigenvalue weighted by molar-refractivity contribution is 0.183. The van der Waals surface area contributed by atoms with Crippen molar-refractivity contribution in [1.29, 1.82) is 0 Å². The Balaban J connectivity index is 3.28. The topological polar surface area (TPSA) is 49.7 Å². The number of hydrogen-bond acceptors (Lipinski definition) is 3. The first-order valence-corrected chi connectivity index (χ1v) is 5.72. The second kappa shape index (κ2) is 5.09. The van der Waals surface area contributed by atoms with Gasteiger partial charge in [0.15, 0.2) is 0 Å². The lowest BCUT2D eigenvalue weighted by Gasteiger charge is -2.13. The van der Waals surface area contributed by atoms with Gasteiger partial charge in [-0.25, -0.2) is 0 Å². The molecule has 0 saturated carbocycles. The van der Waals surface area contributed by atoms with Crippen molar-refractivity contribution < 1.29 is 14.0 Å². The van der Waals surface area contributed by atoms with Crippen LogP contribution in [0.3, 0.4) is 0 Å².